The summed E-state index contributed by atoms with van der Waals surface area (Å²) in [6.45, 7) is 1.89. The maximum Gasteiger partial charge on any atom is 0.146 e. The maximum atomic E-state index is 13.6. The monoisotopic (exact) mass is 241 g/mol. The number of nitrogens with zero attached hydrogens (tertiary/aromatic N) is 1. The summed E-state index contributed by atoms with van der Waals surface area (Å²) in [5.74, 6) is -0.330. The number of nitrogens with one attached hydrogen (secondary N) is 1. The van der Waals surface area contributed by atoms with Crippen LogP contribution in [0.4, 0.5) is 21.5 Å². The van der Waals surface area contributed by atoms with E-state index in [0.717, 1.165) is 5.56 Å². The average molecular weight is 241 g/mol. The van der Waals surface area contributed by atoms with Gasteiger partial charge in [-0.3, -0.25) is 0 Å². The molecule has 0 heterocycles. The zero-order valence-corrected chi connectivity index (χ0v) is 9.87. The minimum absolute atomic E-state index is 0.330. The molecule has 0 fully saturated rings. The number of hydrogen-bond acceptors (Lipinski definition) is 3. The van der Waals surface area contributed by atoms with Gasteiger partial charge in [0.2, 0.25) is 0 Å². The Morgan fingerprint density at radius 1 is 1.22 bits per heavy atom. The second-order valence-corrected chi connectivity index (χ2v) is 4.02. The number of nitrogen functional groups attached to an aromatic ring is 1. The molecule has 0 aliphatic carbocycles. The zero-order valence-electron chi connectivity index (χ0n) is 9.87. The summed E-state index contributed by atoms with van der Waals surface area (Å²) in [5, 5.41) is 11.7. The normalized spacial score (nSPS) is 9.83. The van der Waals surface area contributed by atoms with Gasteiger partial charge in [0.1, 0.15) is 11.9 Å². The second kappa shape index (κ2) is 4.76. The van der Waals surface area contributed by atoms with Crippen LogP contribution in [0, 0.1) is 24.1 Å². The number of benzene rings is 2. The van der Waals surface area contributed by atoms with Crippen LogP contribution < -0.4 is 11.1 Å². The van der Waals surface area contributed by atoms with E-state index in [2.05, 4.69) is 5.32 Å². The SMILES string of the molecule is Cc1ccc(F)c(Nc2ccc(C#N)c(N)c2)c1. The van der Waals surface area contributed by atoms with Crippen molar-refractivity contribution in [2.45, 2.75) is 6.92 Å². The fourth-order valence-corrected chi connectivity index (χ4v) is 1.63. The Kier molecular flexibility index (Phi) is 3.16. The molecule has 0 unspecified atom stereocenters. The number of rotatable bonds is 2. The van der Waals surface area contributed by atoms with Crippen LogP contribution >= 0.6 is 0 Å². The molecule has 0 radical (unpaired) electrons. The molecule has 4 heteroatoms. The first-order chi connectivity index (χ1) is 8.60. The first-order valence-corrected chi connectivity index (χ1v) is 5.43. The number of halogens is 1. The lowest BCUT2D eigenvalue weighted by molar-refractivity contribution is 0.631. The van der Waals surface area contributed by atoms with Crippen molar-refractivity contribution in [1.82, 2.24) is 0 Å². The van der Waals surface area contributed by atoms with E-state index < -0.39 is 0 Å². The van der Waals surface area contributed by atoms with Crippen molar-refractivity contribution < 1.29 is 4.39 Å². The first-order valence-electron chi connectivity index (χ1n) is 5.43. The van der Waals surface area contributed by atoms with E-state index in [4.69, 9.17) is 11.0 Å². The van der Waals surface area contributed by atoms with Crippen LogP contribution in [-0.2, 0) is 0 Å². The highest BCUT2D eigenvalue weighted by Crippen LogP contribution is 2.24. The molecule has 2 rings (SSSR count). The largest absolute Gasteiger partial charge is 0.398 e. The van der Waals surface area contributed by atoms with E-state index in [1.165, 1.54) is 6.07 Å². The Bertz CT molecular complexity index is 629. The van der Waals surface area contributed by atoms with E-state index >= 15 is 0 Å². The van der Waals surface area contributed by atoms with Gasteiger partial charge in [0.05, 0.1) is 16.9 Å². The van der Waals surface area contributed by atoms with Crippen LogP contribution in [0.1, 0.15) is 11.1 Å². The van der Waals surface area contributed by atoms with Gasteiger partial charge in [-0.15, -0.1) is 0 Å². The predicted molar refractivity (Wildman–Crippen MR) is 70.0 cm³/mol. The van der Waals surface area contributed by atoms with Gasteiger partial charge in [-0.2, -0.15) is 5.26 Å². The van der Waals surface area contributed by atoms with Crippen LogP contribution in [0.2, 0.25) is 0 Å². The third-order valence-corrected chi connectivity index (χ3v) is 2.57. The van der Waals surface area contributed by atoms with E-state index in [-0.39, 0.29) is 5.82 Å². The molecule has 0 atom stereocenters. The van der Waals surface area contributed by atoms with Gasteiger partial charge in [-0.1, -0.05) is 6.07 Å². The Balaban J connectivity index is 2.32. The number of aryl methyl sites for hydroxylation is 1. The third-order valence-electron chi connectivity index (χ3n) is 2.57. The average Bonchev–Trinajstić information content (AvgIpc) is 2.34. The van der Waals surface area contributed by atoms with Crippen LogP contribution in [0.25, 0.3) is 0 Å². The second-order valence-electron chi connectivity index (χ2n) is 4.02. The number of nitriles is 1. The topological polar surface area (TPSA) is 61.8 Å². The third kappa shape index (κ3) is 2.41. The van der Waals surface area contributed by atoms with Crippen LogP contribution in [0.3, 0.4) is 0 Å². The van der Waals surface area contributed by atoms with Gasteiger partial charge in [0, 0.05) is 5.69 Å². The van der Waals surface area contributed by atoms with Gasteiger partial charge in [-0.25, -0.2) is 4.39 Å². The van der Waals surface area contributed by atoms with Crippen molar-refractivity contribution in [3.63, 3.8) is 0 Å². The summed E-state index contributed by atoms with van der Waals surface area (Å²) in [6, 6.07) is 11.7. The van der Waals surface area contributed by atoms with Gasteiger partial charge < -0.3 is 11.1 Å². The predicted octanol–water partition coefficient (Wildman–Crippen LogP) is 3.33. The number of nitrogens with two attached hydrogens (primary N) is 1. The fourth-order valence-electron chi connectivity index (χ4n) is 1.63. The molecule has 3 N–H and O–H groups in total. The molecule has 3 nitrogen and oxygen atoms in total. The van der Waals surface area contributed by atoms with E-state index in [1.807, 2.05) is 13.0 Å². The molecule has 0 bridgehead atoms. The Labute approximate surface area is 105 Å². The van der Waals surface area contributed by atoms with Crippen molar-refractivity contribution in [2.24, 2.45) is 0 Å². The molecule has 0 aromatic heterocycles. The Morgan fingerprint density at radius 3 is 2.67 bits per heavy atom. The molecular weight excluding hydrogens is 229 g/mol. The standard InChI is InChI=1S/C14H12FN3/c1-9-2-5-12(15)14(6-9)18-11-4-3-10(8-16)13(17)7-11/h2-7,18H,17H2,1H3. The van der Waals surface area contributed by atoms with E-state index in [0.29, 0.717) is 22.6 Å². The molecule has 2 aromatic carbocycles. The van der Waals surface area contributed by atoms with Gasteiger partial charge in [0.25, 0.3) is 0 Å². The minimum atomic E-state index is -0.330. The molecule has 0 aliphatic heterocycles. The van der Waals surface area contributed by atoms with Gasteiger partial charge >= 0.3 is 0 Å². The van der Waals surface area contributed by atoms with Crippen molar-refractivity contribution in [1.29, 1.82) is 5.26 Å². The minimum Gasteiger partial charge on any atom is -0.398 e. The zero-order chi connectivity index (χ0) is 13.1. The maximum absolute atomic E-state index is 13.6. The summed E-state index contributed by atoms with van der Waals surface area (Å²) in [6.07, 6.45) is 0. The molecule has 90 valence electrons. The highest BCUT2D eigenvalue weighted by molar-refractivity contribution is 5.68. The number of anilines is 3. The molecule has 0 saturated heterocycles. The van der Waals surface area contributed by atoms with Crippen molar-refractivity contribution in [2.75, 3.05) is 11.1 Å². The summed E-state index contributed by atoms with van der Waals surface area (Å²) in [5.41, 5.74) is 8.47. The van der Waals surface area contributed by atoms with Crippen LogP contribution in [0.15, 0.2) is 36.4 Å². The van der Waals surface area contributed by atoms with Crippen molar-refractivity contribution >= 4 is 17.1 Å². The van der Waals surface area contributed by atoms with Crippen molar-refractivity contribution in [3.05, 3.63) is 53.3 Å². The number of hydrogen-bond donors (Lipinski definition) is 2. The summed E-state index contributed by atoms with van der Waals surface area (Å²) in [4.78, 5) is 0. The van der Waals surface area contributed by atoms with Crippen LogP contribution in [-0.4, -0.2) is 0 Å². The lowest BCUT2D eigenvalue weighted by atomic mass is 10.1. The molecule has 0 amide bonds. The van der Waals surface area contributed by atoms with Crippen LogP contribution in [0.5, 0.6) is 0 Å². The molecule has 0 aliphatic rings. The molecule has 0 saturated carbocycles. The van der Waals surface area contributed by atoms with E-state index in [1.54, 1.807) is 30.3 Å². The summed E-state index contributed by atoms with van der Waals surface area (Å²) < 4.78 is 13.6. The fraction of sp³-hybridized carbons (Fsp3) is 0.0714. The summed E-state index contributed by atoms with van der Waals surface area (Å²) in [7, 11) is 0. The lowest BCUT2D eigenvalue weighted by Crippen LogP contribution is -1.97. The molecule has 2 aromatic rings. The highest BCUT2D eigenvalue weighted by atomic mass is 19.1. The lowest BCUT2D eigenvalue weighted by Gasteiger charge is -2.09. The van der Waals surface area contributed by atoms with Gasteiger partial charge in [-0.05, 0) is 42.8 Å². The molecular formula is C14H12FN3. The van der Waals surface area contributed by atoms with Gasteiger partial charge in [0.15, 0.2) is 0 Å². The quantitative estimate of drug-likeness (QED) is 0.793. The Morgan fingerprint density at radius 2 is 2.00 bits per heavy atom. The first kappa shape index (κ1) is 11.9. The highest BCUT2D eigenvalue weighted by Gasteiger charge is 2.04. The smallest absolute Gasteiger partial charge is 0.146 e. The Hall–Kier alpha value is -2.54. The summed E-state index contributed by atoms with van der Waals surface area (Å²) >= 11 is 0. The molecule has 18 heavy (non-hydrogen) atoms. The molecule has 0 spiro atoms. The van der Waals surface area contributed by atoms with Crippen molar-refractivity contribution in [3.8, 4) is 6.07 Å². The van der Waals surface area contributed by atoms with E-state index in [9.17, 15) is 4.39 Å².